The van der Waals surface area contributed by atoms with E-state index in [-0.39, 0.29) is 6.61 Å². The van der Waals surface area contributed by atoms with Crippen molar-refractivity contribution >= 4 is 0 Å². The first-order chi connectivity index (χ1) is 10.8. The highest BCUT2D eigenvalue weighted by atomic mass is 16.3. The summed E-state index contributed by atoms with van der Waals surface area (Å²) in [5, 5.41) is 9.44. The molecular weight excluding hydrogens is 284 g/mol. The van der Waals surface area contributed by atoms with Gasteiger partial charge in [0.15, 0.2) is 0 Å². The topological polar surface area (TPSA) is 26.7 Å². The number of hydrogen-bond acceptors (Lipinski definition) is 3. The van der Waals surface area contributed by atoms with E-state index in [2.05, 4.69) is 62.6 Å². The van der Waals surface area contributed by atoms with Crippen molar-refractivity contribution in [3.8, 4) is 0 Å². The summed E-state index contributed by atoms with van der Waals surface area (Å²) in [7, 11) is 0. The van der Waals surface area contributed by atoms with Gasteiger partial charge in [0.05, 0.1) is 0 Å². The summed E-state index contributed by atoms with van der Waals surface area (Å²) in [4.78, 5) is 5.13. The molecule has 0 radical (unpaired) electrons. The number of aliphatic hydroxyl groups excluding tert-OH is 1. The average Bonchev–Trinajstić information content (AvgIpc) is 2.43. The maximum absolute atomic E-state index is 9.44. The summed E-state index contributed by atoms with van der Waals surface area (Å²) in [5.74, 6) is 0. The van der Waals surface area contributed by atoms with Crippen LogP contribution in [0.15, 0.2) is 18.2 Å². The molecule has 0 aliphatic carbocycles. The third-order valence-electron chi connectivity index (χ3n) is 4.72. The molecule has 1 aliphatic rings. The zero-order valence-electron chi connectivity index (χ0n) is 15.6. The van der Waals surface area contributed by atoms with E-state index in [1.807, 2.05) is 0 Å². The van der Waals surface area contributed by atoms with Gasteiger partial charge in [0, 0.05) is 45.4 Å². The van der Waals surface area contributed by atoms with Gasteiger partial charge >= 0.3 is 0 Å². The molecule has 0 saturated carbocycles. The van der Waals surface area contributed by atoms with Crippen LogP contribution in [-0.2, 0) is 6.54 Å². The minimum atomic E-state index is 0.280. The summed E-state index contributed by atoms with van der Waals surface area (Å²) in [6.45, 7) is 16.9. The maximum Gasteiger partial charge on any atom is 0.0446 e. The minimum absolute atomic E-state index is 0.280. The standard InChI is InChI=1S/C20H34N2O/c1-16-6-7-18(17(2)12-16)13-21-9-10-22(15-20(3,4)5)19(14-21)8-11-23/h6-7,12,19,23H,8-11,13-15H2,1-5H3. The fourth-order valence-corrected chi connectivity index (χ4v) is 3.61. The smallest absolute Gasteiger partial charge is 0.0446 e. The molecule has 1 aromatic rings. The quantitative estimate of drug-likeness (QED) is 0.903. The largest absolute Gasteiger partial charge is 0.396 e. The van der Waals surface area contributed by atoms with Gasteiger partial charge < -0.3 is 5.11 Å². The Morgan fingerprint density at radius 2 is 1.91 bits per heavy atom. The van der Waals surface area contributed by atoms with Gasteiger partial charge in [-0.2, -0.15) is 0 Å². The van der Waals surface area contributed by atoms with Crippen LogP contribution in [-0.4, -0.2) is 53.7 Å². The van der Waals surface area contributed by atoms with Crippen LogP contribution in [0.4, 0.5) is 0 Å². The van der Waals surface area contributed by atoms with E-state index in [9.17, 15) is 5.11 Å². The Morgan fingerprint density at radius 1 is 1.17 bits per heavy atom. The van der Waals surface area contributed by atoms with Crippen LogP contribution in [0.1, 0.15) is 43.9 Å². The highest BCUT2D eigenvalue weighted by Gasteiger charge is 2.29. The SMILES string of the molecule is Cc1ccc(CN2CCN(CC(C)(C)C)C(CCO)C2)c(C)c1. The van der Waals surface area contributed by atoms with E-state index < -0.39 is 0 Å². The molecule has 1 saturated heterocycles. The summed E-state index contributed by atoms with van der Waals surface area (Å²) in [6.07, 6.45) is 0.874. The van der Waals surface area contributed by atoms with E-state index >= 15 is 0 Å². The lowest BCUT2D eigenvalue weighted by molar-refractivity contribution is 0.0339. The van der Waals surface area contributed by atoms with Gasteiger partial charge in [-0.3, -0.25) is 9.80 Å². The number of aliphatic hydroxyl groups is 1. The predicted molar refractivity (Wildman–Crippen MR) is 97.7 cm³/mol. The molecule has 0 bridgehead atoms. The Hall–Kier alpha value is -0.900. The molecule has 0 amide bonds. The second kappa shape index (κ2) is 7.78. The molecule has 1 unspecified atom stereocenters. The Kier molecular flexibility index (Phi) is 6.24. The van der Waals surface area contributed by atoms with E-state index in [4.69, 9.17) is 0 Å². The fourth-order valence-electron chi connectivity index (χ4n) is 3.61. The second-order valence-corrected chi connectivity index (χ2v) is 8.36. The number of rotatable bonds is 5. The molecule has 0 aromatic heterocycles. The Balaban J connectivity index is 2.00. The zero-order chi connectivity index (χ0) is 17.0. The molecule has 1 N–H and O–H groups in total. The highest BCUT2D eigenvalue weighted by molar-refractivity contribution is 5.30. The molecule has 1 atom stereocenters. The third-order valence-corrected chi connectivity index (χ3v) is 4.72. The van der Waals surface area contributed by atoms with Crippen LogP contribution in [0.5, 0.6) is 0 Å². The number of hydrogen-bond donors (Lipinski definition) is 1. The molecule has 3 heteroatoms. The lowest BCUT2D eigenvalue weighted by atomic mass is 9.94. The lowest BCUT2D eigenvalue weighted by Crippen LogP contribution is -2.54. The molecule has 1 aromatic carbocycles. The van der Waals surface area contributed by atoms with Crippen molar-refractivity contribution in [2.24, 2.45) is 5.41 Å². The van der Waals surface area contributed by atoms with Crippen molar-refractivity contribution in [1.29, 1.82) is 0 Å². The molecule has 1 fully saturated rings. The van der Waals surface area contributed by atoms with Gasteiger partial charge in [0.25, 0.3) is 0 Å². The van der Waals surface area contributed by atoms with Crippen LogP contribution in [0, 0.1) is 19.3 Å². The van der Waals surface area contributed by atoms with Crippen molar-refractivity contribution in [3.05, 3.63) is 34.9 Å². The molecular formula is C20H34N2O. The van der Waals surface area contributed by atoms with Crippen molar-refractivity contribution < 1.29 is 5.11 Å². The maximum atomic E-state index is 9.44. The van der Waals surface area contributed by atoms with E-state index in [1.165, 1.54) is 16.7 Å². The van der Waals surface area contributed by atoms with E-state index in [1.54, 1.807) is 0 Å². The first-order valence-corrected chi connectivity index (χ1v) is 8.92. The zero-order valence-corrected chi connectivity index (χ0v) is 15.6. The molecule has 2 rings (SSSR count). The van der Waals surface area contributed by atoms with Gasteiger partial charge in [-0.1, -0.05) is 44.5 Å². The average molecular weight is 319 g/mol. The van der Waals surface area contributed by atoms with Gasteiger partial charge in [0.2, 0.25) is 0 Å². The van der Waals surface area contributed by atoms with Crippen molar-refractivity contribution in [2.75, 3.05) is 32.8 Å². The van der Waals surface area contributed by atoms with E-state index in [0.29, 0.717) is 11.5 Å². The highest BCUT2D eigenvalue weighted by Crippen LogP contribution is 2.22. The Morgan fingerprint density at radius 3 is 2.52 bits per heavy atom. The second-order valence-electron chi connectivity index (χ2n) is 8.36. The van der Waals surface area contributed by atoms with Gasteiger partial charge in [-0.05, 0) is 36.8 Å². The van der Waals surface area contributed by atoms with Crippen LogP contribution >= 0.6 is 0 Å². The van der Waals surface area contributed by atoms with E-state index in [0.717, 1.165) is 39.1 Å². The van der Waals surface area contributed by atoms with Crippen LogP contribution in [0.2, 0.25) is 0 Å². The third kappa shape index (κ3) is 5.59. The fraction of sp³-hybridized carbons (Fsp3) is 0.700. The van der Waals surface area contributed by atoms with Crippen LogP contribution in [0.3, 0.4) is 0 Å². The van der Waals surface area contributed by atoms with Gasteiger partial charge in [-0.15, -0.1) is 0 Å². The summed E-state index contributed by atoms with van der Waals surface area (Å²) >= 11 is 0. The monoisotopic (exact) mass is 318 g/mol. The van der Waals surface area contributed by atoms with Crippen molar-refractivity contribution in [2.45, 2.75) is 53.6 Å². The first kappa shape index (κ1) is 18.4. The van der Waals surface area contributed by atoms with Crippen LogP contribution in [0.25, 0.3) is 0 Å². The molecule has 1 heterocycles. The number of piperazine rings is 1. The Bertz CT molecular complexity index is 507. The molecule has 130 valence electrons. The normalized spacial score (nSPS) is 20.9. The van der Waals surface area contributed by atoms with Gasteiger partial charge in [-0.25, -0.2) is 0 Å². The molecule has 23 heavy (non-hydrogen) atoms. The lowest BCUT2D eigenvalue weighted by Gasteiger charge is -2.44. The summed E-state index contributed by atoms with van der Waals surface area (Å²) < 4.78 is 0. The molecule has 3 nitrogen and oxygen atoms in total. The van der Waals surface area contributed by atoms with Crippen LogP contribution < -0.4 is 0 Å². The predicted octanol–water partition coefficient (Wildman–Crippen LogP) is 3.22. The number of nitrogens with zero attached hydrogens (tertiary/aromatic N) is 2. The summed E-state index contributed by atoms with van der Waals surface area (Å²) in [5.41, 5.74) is 4.46. The Labute approximate surface area is 142 Å². The molecule has 1 aliphatic heterocycles. The number of benzene rings is 1. The van der Waals surface area contributed by atoms with Crippen molar-refractivity contribution in [3.63, 3.8) is 0 Å². The van der Waals surface area contributed by atoms with Crippen molar-refractivity contribution in [1.82, 2.24) is 9.80 Å². The minimum Gasteiger partial charge on any atom is -0.396 e. The van der Waals surface area contributed by atoms with Gasteiger partial charge in [0.1, 0.15) is 0 Å². The first-order valence-electron chi connectivity index (χ1n) is 8.92. The number of aryl methyl sites for hydroxylation is 2. The summed E-state index contributed by atoms with van der Waals surface area (Å²) in [6, 6.07) is 7.23. The molecule has 0 spiro atoms.